The Morgan fingerprint density at radius 2 is 2.00 bits per heavy atom. The van der Waals surface area contributed by atoms with Crippen molar-refractivity contribution in [3.05, 3.63) is 11.9 Å². The highest BCUT2D eigenvalue weighted by molar-refractivity contribution is 5.48. The van der Waals surface area contributed by atoms with Crippen LogP contribution in [0.1, 0.15) is 51.8 Å². The first-order valence-corrected chi connectivity index (χ1v) is 8.18. The summed E-state index contributed by atoms with van der Waals surface area (Å²) < 4.78 is 5.55. The maximum absolute atomic E-state index is 5.55. The van der Waals surface area contributed by atoms with E-state index in [1.807, 2.05) is 6.07 Å². The zero-order chi connectivity index (χ0) is 15.1. The first-order chi connectivity index (χ1) is 10.3. The second-order valence-corrected chi connectivity index (χ2v) is 5.69. The molecule has 1 aromatic rings. The van der Waals surface area contributed by atoms with Gasteiger partial charge in [0.2, 0.25) is 0 Å². The van der Waals surface area contributed by atoms with Crippen molar-refractivity contribution in [3.63, 3.8) is 0 Å². The molecule has 1 aromatic heterocycles. The Morgan fingerprint density at radius 3 is 2.71 bits per heavy atom. The molecule has 1 aliphatic carbocycles. The van der Waals surface area contributed by atoms with Gasteiger partial charge in [-0.25, -0.2) is 9.97 Å². The number of hydrogen-bond donors (Lipinski definition) is 2. The molecule has 2 atom stereocenters. The van der Waals surface area contributed by atoms with Crippen molar-refractivity contribution < 1.29 is 4.74 Å². The van der Waals surface area contributed by atoms with Gasteiger partial charge in [0.15, 0.2) is 0 Å². The minimum absolute atomic E-state index is 0.293. The van der Waals surface area contributed by atoms with Gasteiger partial charge < -0.3 is 15.4 Å². The van der Waals surface area contributed by atoms with Crippen molar-refractivity contribution in [1.29, 1.82) is 0 Å². The van der Waals surface area contributed by atoms with Crippen molar-refractivity contribution in [2.24, 2.45) is 0 Å². The van der Waals surface area contributed by atoms with Crippen LogP contribution >= 0.6 is 0 Å². The van der Waals surface area contributed by atoms with E-state index < -0.39 is 0 Å². The molecule has 2 rings (SSSR count). The Labute approximate surface area is 127 Å². The summed E-state index contributed by atoms with van der Waals surface area (Å²) in [5, 5.41) is 6.90. The minimum Gasteiger partial charge on any atom is -0.379 e. The summed E-state index contributed by atoms with van der Waals surface area (Å²) in [6, 6.07) is 2.37. The lowest BCUT2D eigenvalue weighted by Crippen LogP contribution is -2.30. The monoisotopic (exact) mass is 292 g/mol. The van der Waals surface area contributed by atoms with Gasteiger partial charge in [-0.2, -0.15) is 0 Å². The average molecular weight is 292 g/mol. The lowest BCUT2D eigenvalue weighted by molar-refractivity contribution is 0.101. The smallest absolute Gasteiger partial charge is 0.133 e. The molecule has 1 fully saturated rings. The molecule has 2 unspecified atom stereocenters. The standard InChI is InChI=1S/C16H28N4O/c1-4-7-14-19-15(17-10-5-2)11-16(20-14)18-12-8-6-9-13(12)21-3/h11-13H,4-10H2,1-3H3,(H2,17,18,19,20). The van der Waals surface area contributed by atoms with E-state index in [1.165, 1.54) is 6.42 Å². The average Bonchev–Trinajstić information content (AvgIpc) is 2.92. The van der Waals surface area contributed by atoms with E-state index in [4.69, 9.17) is 4.74 Å². The molecular formula is C16H28N4O. The van der Waals surface area contributed by atoms with Gasteiger partial charge in [-0.3, -0.25) is 0 Å². The predicted molar refractivity (Wildman–Crippen MR) is 86.9 cm³/mol. The molecule has 0 bridgehead atoms. The molecule has 5 nitrogen and oxygen atoms in total. The Kier molecular flexibility index (Phi) is 6.23. The first-order valence-electron chi connectivity index (χ1n) is 8.18. The number of nitrogens with one attached hydrogen (secondary N) is 2. The molecule has 1 heterocycles. The molecular weight excluding hydrogens is 264 g/mol. The lowest BCUT2D eigenvalue weighted by atomic mass is 10.2. The highest BCUT2D eigenvalue weighted by Crippen LogP contribution is 2.25. The fourth-order valence-electron chi connectivity index (χ4n) is 2.81. The normalized spacial score (nSPS) is 21.5. The number of rotatable bonds is 8. The maximum atomic E-state index is 5.55. The van der Waals surface area contributed by atoms with Gasteiger partial charge in [-0.05, 0) is 32.1 Å². The third kappa shape index (κ3) is 4.56. The van der Waals surface area contributed by atoms with Crippen LogP contribution in [0.3, 0.4) is 0 Å². The number of methoxy groups -OCH3 is 1. The topological polar surface area (TPSA) is 59.1 Å². The van der Waals surface area contributed by atoms with Crippen molar-refractivity contribution in [3.8, 4) is 0 Å². The van der Waals surface area contributed by atoms with Crippen LogP contribution < -0.4 is 10.6 Å². The van der Waals surface area contributed by atoms with Crippen molar-refractivity contribution >= 4 is 11.6 Å². The van der Waals surface area contributed by atoms with Crippen LogP contribution in [0.5, 0.6) is 0 Å². The van der Waals surface area contributed by atoms with Crippen LogP contribution in [0.25, 0.3) is 0 Å². The molecule has 0 amide bonds. The second kappa shape index (κ2) is 8.17. The van der Waals surface area contributed by atoms with Gasteiger partial charge in [-0.15, -0.1) is 0 Å². The van der Waals surface area contributed by atoms with Crippen LogP contribution in [0.4, 0.5) is 11.6 Å². The van der Waals surface area contributed by atoms with E-state index in [9.17, 15) is 0 Å². The zero-order valence-corrected chi connectivity index (χ0v) is 13.5. The molecule has 21 heavy (non-hydrogen) atoms. The Bertz CT molecular complexity index is 438. The van der Waals surface area contributed by atoms with Gasteiger partial charge in [0, 0.05) is 26.1 Å². The van der Waals surface area contributed by atoms with Crippen LogP contribution in [0.15, 0.2) is 6.07 Å². The summed E-state index contributed by atoms with van der Waals surface area (Å²) in [5.41, 5.74) is 0. The number of aromatic nitrogens is 2. The number of hydrogen-bond acceptors (Lipinski definition) is 5. The molecule has 0 radical (unpaired) electrons. The third-order valence-electron chi connectivity index (χ3n) is 3.89. The fourth-order valence-corrected chi connectivity index (χ4v) is 2.81. The van der Waals surface area contributed by atoms with E-state index in [0.29, 0.717) is 12.1 Å². The van der Waals surface area contributed by atoms with Crippen molar-refractivity contribution in [2.45, 2.75) is 64.5 Å². The molecule has 2 N–H and O–H groups in total. The van der Waals surface area contributed by atoms with Gasteiger partial charge in [0.05, 0.1) is 12.1 Å². The summed E-state index contributed by atoms with van der Waals surface area (Å²) in [7, 11) is 1.79. The number of aryl methyl sites for hydroxylation is 1. The summed E-state index contributed by atoms with van der Waals surface area (Å²) >= 11 is 0. The molecule has 0 aliphatic heterocycles. The molecule has 0 aromatic carbocycles. The van der Waals surface area contributed by atoms with Crippen LogP contribution in [0.2, 0.25) is 0 Å². The van der Waals surface area contributed by atoms with Gasteiger partial charge in [-0.1, -0.05) is 13.8 Å². The highest BCUT2D eigenvalue weighted by Gasteiger charge is 2.27. The predicted octanol–water partition coefficient (Wildman–Crippen LogP) is 3.23. The molecule has 5 heteroatoms. The van der Waals surface area contributed by atoms with E-state index in [2.05, 4.69) is 34.4 Å². The number of nitrogens with zero attached hydrogens (tertiary/aromatic N) is 2. The maximum Gasteiger partial charge on any atom is 0.133 e. The fraction of sp³-hybridized carbons (Fsp3) is 0.750. The van der Waals surface area contributed by atoms with Crippen LogP contribution in [-0.4, -0.2) is 35.8 Å². The minimum atomic E-state index is 0.293. The molecule has 0 saturated heterocycles. The highest BCUT2D eigenvalue weighted by atomic mass is 16.5. The zero-order valence-electron chi connectivity index (χ0n) is 13.5. The molecule has 118 valence electrons. The number of ether oxygens (including phenoxy) is 1. The number of anilines is 2. The van der Waals surface area contributed by atoms with E-state index in [0.717, 1.165) is 56.1 Å². The van der Waals surface area contributed by atoms with Crippen LogP contribution in [-0.2, 0) is 11.2 Å². The molecule has 1 aliphatic rings. The van der Waals surface area contributed by atoms with Gasteiger partial charge in [0.1, 0.15) is 17.5 Å². The molecule has 0 spiro atoms. The summed E-state index contributed by atoms with van der Waals surface area (Å²) in [6.07, 6.45) is 6.83. The summed E-state index contributed by atoms with van der Waals surface area (Å²) in [5.74, 6) is 2.75. The largest absolute Gasteiger partial charge is 0.379 e. The SMILES string of the molecule is CCCNc1cc(NC2CCCC2OC)nc(CCC)n1. The van der Waals surface area contributed by atoms with Crippen molar-refractivity contribution in [2.75, 3.05) is 24.3 Å². The van der Waals surface area contributed by atoms with Crippen LogP contribution in [0, 0.1) is 0 Å². The van der Waals surface area contributed by atoms with Gasteiger partial charge >= 0.3 is 0 Å². The Balaban J connectivity index is 2.10. The quantitative estimate of drug-likeness (QED) is 0.770. The van der Waals surface area contributed by atoms with Gasteiger partial charge in [0.25, 0.3) is 0 Å². The Morgan fingerprint density at radius 1 is 1.19 bits per heavy atom. The first kappa shape index (κ1) is 16.0. The van der Waals surface area contributed by atoms with E-state index in [-0.39, 0.29) is 0 Å². The van der Waals surface area contributed by atoms with E-state index in [1.54, 1.807) is 7.11 Å². The lowest BCUT2D eigenvalue weighted by Gasteiger charge is -2.21. The summed E-state index contributed by atoms with van der Waals surface area (Å²) in [6.45, 7) is 5.24. The van der Waals surface area contributed by atoms with E-state index >= 15 is 0 Å². The van der Waals surface area contributed by atoms with Crippen molar-refractivity contribution in [1.82, 2.24) is 9.97 Å². The second-order valence-electron chi connectivity index (χ2n) is 5.69. The Hall–Kier alpha value is -1.36. The molecule has 1 saturated carbocycles. The summed E-state index contributed by atoms with van der Waals surface area (Å²) in [4.78, 5) is 9.23. The third-order valence-corrected chi connectivity index (χ3v) is 3.89.